The van der Waals surface area contributed by atoms with Gasteiger partial charge in [-0.1, -0.05) is 0 Å². The highest BCUT2D eigenvalue weighted by molar-refractivity contribution is 7.81. The highest BCUT2D eigenvalue weighted by atomic mass is 32.1. The number of halogens is 3. The third-order valence-corrected chi connectivity index (χ3v) is 5.47. The van der Waals surface area contributed by atoms with Gasteiger partial charge in [-0.15, -0.1) is 0 Å². The molecule has 1 aliphatic rings. The first-order valence-corrected chi connectivity index (χ1v) is 10.1. The topological polar surface area (TPSA) is 97.0 Å². The van der Waals surface area contributed by atoms with E-state index in [0.29, 0.717) is 11.4 Å². The first kappa shape index (κ1) is 24.4. The van der Waals surface area contributed by atoms with Gasteiger partial charge in [0.1, 0.15) is 24.0 Å². The van der Waals surface area contributed by atoms with Gasteiger partial charge in [0.05, 0.1) is 29.5 Å². The number of anilines is 2. The van der Waals surface area contributed by atoms with E-state index in [2.05, 4.69) is 0 Å². The number of rotatable bonds is 6. The number of hydrogen-bond acceptors (Lipinski definition) is 6. The molecular formula is C22H20F3N3O4S. The Morgan fingerprint density at radius 1 is 1.18 bits per heavy atom. The second kappa shape index (κ2) is 8.97. The third kappa shape index (κ3) is 4.64. The average molecular weight is 479 g/mol. The maximum atomic E-state index is 13.4. The van der Waals surface area contributed by atoms with Gasteiger partial charge in [0.15, 0.2) is 5.11 Å². The van der Waals surface area contributed by atoms with Crippen molar-refractivity contribution in [3.05, 3.63) is 53.6 Å². The Morgan fingerprint density at radius 2 is 1.79 bits per heavy atom. The minimum Gasteiger partial charge on any atom is -0.491 e. The zero-order valence-electron chi connectivity index (χ0n) is 17.6. The molecule has 1 aliphatic heterocycles. The molecule has 3 rings (SSSR count). The fourth-order valence-electron chi connectivity index (χ4n) is 3.40. The highest BCUT2D eigenvalue weighted by Gasteiger charge is 2.50. The Labute approximate surface area is 193 Å². The van der Waals surface area contributed by atoms with Crippen LogP contribution >= 0.6 is 12.2 Å². The maximum absolute atomic E-state index is 13.4. The monoisotopic (exact) mass is 479 g/mol. The van der Waals surface area contributed by atoms with Crippen molar-refractivity contribution >= 4 is 34.6 Å². The van der Waals surface area contributed by atoms with Crippen LogP contribution < -0.4 is 14.5 Å². The molecule has 1 unspecified atom stereocenters. The summed E-state index contributed by atoms with van der Waals surface area (Å²) in [5, 5.41) is 27.2. The molecule has 0 aliphatic carbocycles. The molecule has 0 bridgehead atoms. The Bertz CT molecular complexity index is 1110. The van der Waals surface area contributed by atoms with Crippen LogP contribution in [-0.2, 0) is 11.0 Å². The summed E-state index contributed by atoms with van der Waals surface area (Å²) >= 11 is 5.48. The standard InChI is InChI=1S/C22H20F3N3O4S/c1-21(2)19(31)27(15-4-3-13(10-26)18(9-15)22(23,24)25)20(33)28(21)14-5-7-17(8-6-14)32-12-16(30)11-29/h3-9,16,29-30H,11-12H2,1-2H3. The fourth-order valence-corrected chi connectivity index (χ4v) is 3.92. The zero-order valence-corrected chi connectivity index (χ0v) is 18.4. The van der Waals surface area contributed by atoms with E-state index in [4.69, 9.17) is 27.3 Å². The quantitative estimate of drug-likeness (QED) is 0.614. The van der Waals surface area contributed by atoms with Gasteiger partial charge in [0, 0.05) is 5.69 Å². The number of aliphatic hydroxyl groups excluding tert-OH is 2. The lowest BCUT2D eigenvalue weighted by atomic mass is 10.0. The van der Waals surface area contributed by atoms with Crippen LogP contribution in [0.3, 0.4) is 0 Å². The number of amides is 1. The third-order valence-electron chi connectivity index (χ3n) is 5.10. The molecule has 0 spiro atoms. The van der Waals surface area contributed by atoms with Crippen LogP contribution in [0.5, 0.6) is 5.75 Å². The lowest BCUT2D eigenvalue weighted by Gasteiger charge is -2.29. The summed E-state index contributed by atoms with van der Waals surface area (Å²) < 4.78 is 45.6. The van der Waals surface area contributed by atoms with Crippen molar-refractivity contribution in [2.45, 2.75) is 31.7 Å². The molecule has 2 aromatic rings. The van der Waals surface area contributed by atoms with Crippen molar-refractivity contribution in [2.75, 3.05) is 23.0 Å². The Hall–Kier alpha value is -3.20. The number of benzene rings is 2. The summed E-state index contributed by atoms with van der Waals surface area (Å²) in [5.41, 5.74) is -2.51. The van der Waals surface area contributed by atoms with E-state index in [9.17, 15) is 23.1 Å². The number of ether oxygens (including phenoxy) is 1. The number of nitriles is 1. The van der Waals surface area contributed by atoms with E-state index in [1.54, 1.807) is 38.1 Å². The van der Waals surface area contributed by atoms with Crippen molar-refractivity contribution < 1.29 is 32.9 Å². The van der Waals surface area contributed by atoms with Crippen molar-refractivity contribution in [1.82, 2.24) is 0 Å². The highest BCUT2D eigenvalue weighted by Crippen LogP contribution is 2.39. The number of carbonyl (C=O) groups is 1. The fraction of sp³-hybridized carbons (Fsp3) is 0.318. The SMILES string of the molecule is CC1(C)C(=O)N(c2ccc(C#N)c(C(F)(F)F)c2)C(=S)N1c1ccc(OCC(O)CO)cc1. The first-order chi connectivity index (χ1) is 15.4. The number of aliphatic hydroxyl groups is 2. The van der Waals surface area contributed by atoms with E-state index in [1.165, 1.54) is 17.0 Å². The molecule has 0 aromatic heterocycles. The zero-order chi connectivity index (χ0) is 24.6. The molecular weight excluding hydrogens is 459 g/mol. The van der Waals surface area contributed by atoms with Crippen molar-refractivity contribution in [1.29, 1.82) is 5.26 Å². The van der Waals surface area contributed by atoms with Gasteiger partial charge < -0.3 is 19.8 Å². The van der Waals surface area contributed by atoms with Gasteiger partial charge in [-0.2, -0.15) is 18.4 Å². The maximum Gasteiger partial charge on any atom is 0.417 e. The molecule has 1 amide bonds. The summed E-state index contributed by atoms with van der Waals surface area (Å²) in [6, 6.07) is 10.9. The summed E-state index contributed by atoms with van der Waals surface area (Å²) in [5.74, 6) is -0.129. The van der Waals surface area contributed by atoms with E-state index in [0.717, 1.165) is 17.0 Å². The average Bonchev–Trinajstić information content (AvgIpc) is 2.95. The van der Waals surface area contributed by atoms with E-state index >= 15 is 0 Å². The van der Waals surface area contributed by atoms with Crippen molar-refractivity contribution in [3.63, 3.8) is 0 Å². The molecule has 7 nitrogen and oxygen atoms in total. The number of carbonyl (C=O) groups excluding carboxylic acids is 1. The lowest BCUT2D eigenvalue weighted by molar-refractivity contribution is -0.137. The Kier molecular flexibility index (Phi) is 6.65. The van der Waals surface area contributed by atoms with E-state index in [-0.39, 0.29) is 17.4 Å². The normalized spacial score (nSPS) is 16.7. The molecule has 1 saturated heterocycles. The molecule has 11 heteroatoms. The Morgan fingerprint density at radius 3 is 2.33 bits per heavy atom. The second-order valence-corrected chi connectivity index (χ2v) is 8.16. The van der Waals surface area contributed by atoms with Crippen molar-refractivity contribution in [3.8, 4) is 11.8 Å². The molecule has 2 N–H and O–H groups in total. The van der Waals surface area contributed by atoms with Crippen LogP contribution in [0.25, 0.3) is 0 Å². The first-order valence-electron chi connectivity index (χ1n) is 9.73. The predicted molar refractivity (Wildman–Crippen MR) is 118 cm³/mol. The summed E-state index contributed by atoms with van der Waals surface area (Å²) in [4.78, 5) is 15.7. The predicted octanol–water partition coefficient (Wildman–Crippen LogP) is 3.23. The summed E-state index contributed by atoms with van der Waals surface area (Å²) in [7, 11) is 0. The molecule has 174 valence electrons. The van der Waals surface area contributed by atoms with Gasteiger partial charge in [0.2, 0.25) is 0 Å². The smallest absolute Gasteiger partial charge is 0.417 e. The summed E-state index contributed by atoms with van der Waals surface area (Å²) in [6.07, 6.45) is -5.81. The number of thiocarbonyl (C=S) groups is 1. The largest absolute Gasteiger partial charge is 0.491 e. The number of hydrogen-bond donors (Lipinski definition) is 2. The van der Waals surface area contributed by atoms with Gasteiger partial charge in [-0.05, 0) is 68.5 Å². The van der Waals surface area contributed by atoms with Gasteiger partial charge in [-0.25, -0.2) is 0 Å². The number of alkyl halides is 3. The molecule has 33 heavy (non-hydrogen) atoms. The van der Waals surface area contributed by atoms with Crippen LogP contribution in [0, 0.1) is 11.3 Å². The van der Waals surface area contributed by atoms with Crippen molar-refractivity contribution in [2.24, 2.45) is 0 Å². The second-order valence-electron chi connectivity index (χ2n) is 7.80. The van der Waals surface area contributed by atoms with Gasteiger partial charge in [0.25, 0.3) is 5.91 Å². The Balaban J connectivity index is 1.95. The van der Waals surface area contributed by atoms with E-state index in [1.807, 2.05) is 0 Å². The minimum absolute atomic E-state index is 0.0211. The molecule has 1 fully saturated rings. The van der Waals surface area contributed by atoms with Crippen LogP contribution in [0.4, 0.5) is 24.5 Å². The van der Waals surface area contributed by atoms with Gasteiger partial charge >= 0.3 is 6.18 Å². The molecule has 0 saturated carbocycles. The molecule has 1 atom stereocenters. The molecule has 1 heterocycles. The van der Waals surface area contributed by atoms with Crippen LogP contribution in [0.15, 0.2) is 42.5 Å². The lowest BCUT2D eigenvalue weighted by Crippen LogP contribution is -2.44. The van der Waals surface area contributed by atoms with Crippen LogP contribution in [-0.4, -0.2) is 46.1 Å². The molecule has 0 radical (unpaired) electrons. The van der Waals surface area contributed by atoms with Crippen LogP contribution in [0.2, 0.25) is 0 Å². The van der Waals surface area contributed by atoms with E-state index < -0.39 is 41.5 Å². The minimum atomic E-state index is -4.78. The number of nitrogens with zero attached hydrogens (tertiary/aromatic N) is 3. The summed E-state index contributed by atoms with van der Waals surface area (Å²) in [6.45, 7) is 2.63. The van der Waals surface area contributed by atoms with Gasteiger partial charge in [-0.3, -0.25) is 9.69 Å². The molecule has 2 aromatic carbocycles. The van der Waals surface area contributed by atoms with Crippen LogP contribution in [0.1, 0.15) is 25.0 Å².